The van der Waals surface area contributed by atoms with Gasteiger partial charge in [0.1, 0.15) is 0 Å². The van der Waals surface area contributed by atoms with Crippen molar-refractivity contribution >= 4 is 12.2 Å². The van der Waals surface area contributed by atoms with Crippen molar-refractivity contribution in [3.05, 3.63) is 0 Å². The van der Waals surface area contributed by atoms with Crippen LogP contribution in [0.25, 0.3) is 0 Å². The van der Waals surface area contributed by atoms with E-state index in [1.54, 1.807) is 12.2 Å². The van der Waals surface area contributed by atoms with E-state index in [0.717, 1.165) is 6.42 Å². The Bertz CT molecular complexity index is 290. The molecule has 76 valence electrons. The first-order valence-corrected chi connectivity index (χ1v) is 4.83. The zero-order valence-corrected chi connectivity index (χ0v) is 8.43. The monoisotopic (exact) mass is 194 g/mol. The molecule has 4 unspecified atom stereocenters. The topological polar surface area (TPSA) is 58.9 Å². The van der Waals surface area contributed by atoms with E-state index in [1.807, 2.05) is 0 Å². The van der Waals surface area contributed by atoms with Crippen LogP contribution in [0.5, 0.6) is 0 Å². The van der Waals surface area contributed by atoms with Crippen LogP contribution in [0.4, 0.5) is 0 Å². The summed E-state index contributed by atoms with van der Waals surface area (Å²) >= 11 is 0. The molecule has 1 saturated carbocycles. The fraction of sp³-hybridized carbons (Fsp3) is 0.800. The molecule has 0 bridgehead atoms. The molecule has 4 heteroatoms. The van der Waals surface area contributed by atoms with Crippen LogP contribution in [0.2, 0.25) is 0 Å². The Kier molecular flexibility index (Phi) is 3.75. The highest BCUT2D eigenvalue weighted by molar-refractivity contribution is 5.35. The molecule has 0 aromatic carbocycles. The van der Waals surface area contributed by atoms with E-state index in [0.29, 0.717) is 18.3 Å². The van der Waals surface area contributed by atoms with Crippen molar-refractivity contribution < 1.29 is 9.59 Å². The normalized spacial score (nSPS) is 36.7. The van der Waals surface area contributed by atoms with Crippen molar-refractivity contribution in [2.75, 3.05) is 0 Å². The van der Waals surface area contributed by atoms with Gasteiger partial charge in [-0.25, -0.2) is 19.6 Å². The Morgan fingerprint density at radius 1 is 1.07 bits per heavy atom. The first-order valence-electron chi connectivity index (χ1n) is 4.83. The standard InChI is InChI=1S/C10H14N2O2/c1-7-3-9(11-5-13)4-10(8(7)2)12-6-14/h7-10H,3-4H2,1-2H3. The molecule has 0 amide bonds. The van der Waals surface area contributed by atoms with E-state index in [2.05, 4.69) is 23.8 Å². The zero-order valence-electron chi connectivity index (χ0n) is 8.43. The van der Waals surface area contributed by atoms with Gasteiger partial charge in [-0.3, -0.25) is 0 Å². The molecule has 14 heavy (non-hydrogen) atoms. The molecule has 0 radical (unpaired) electrons. The number of hydrogen-bond acceptors (Lipinski definition) is 4. The quantitative estimate of drug-likeness (QED) is 0.493. The lowest BCUT2D eigenvalue weighted by Crippen LogP contribution is -2.34. The van der Waals surface area contributed by atoms with E-state index in [1.165, 1.54) is 0 Å². The van der Waals surface area contributed by atoms with Gasteiger partial charge in [0, 0.05) is 0 Å². The molecule has 0 heterocycles. The lowest BCUT2D eigenvalue weighted by atomic mass is 9.76. The maximum Gasteiger partial charge on any atom is 0.235 e. The fourth-order valence-electron chi connectivity index (χ4n) is 2.03. The minimum absolute atomic E-state index is 0.0270. The molecule has 4 nitrogen and oxygen atoms in total. The van der Waals surface area contributed by atoms with Crippen molar-refractivity contribution in [3.63, 3.8) is 0 Å². The van der Waals surface area contributed by atoms with Crippen LogP contribution in [0.15, 0.2) is 9.98 Å². The van der Waals surface area contributed by atoms with Crippen molar-refractivity contribution in [1.82, 2.24) is 0 Å². The average molecular weight is 194 g/mol. The third kappa shape index (κ3) is 2.38. The van der Waals surface area contributed by atoms with Gasteiger partial charge in [0.05, 0.1) is 12.1 Å². The van der Waals surface area contributed by atoms with Crippen molar-refractivity contribution in [3.8, 4) is 0 Å². The fourth-order valence-corrected chi connectivity index (χ4v) is 2.03. The molecule has 1 aliphatic rings. The van der Waals surface area contributed by atoms with Crippen molar-refractivity contribution in [2.24, 2.45) is 21.8 Å². The van der Waals surface area contributed by atoms with Gasteiger partial charge in [-0.05, 0) is 24.7 Å². The van der Waals surface area contributed by atoms with Crippen LogP contribution >= 0.6 is 0 Å². The van der Waals surface area contributed by atoms with Crippen molar-refractivity contribution in [1.29, 1.82) is 0 Å². The molecular weight excluding hydrogens is 180 g/mol. The Hall–Kier alpha value is -1.24. The lowest BCUT2D eigenvalue weighted by molar-refractivity contribution is 0.219. The summed E-state index contributed by atoms with van der Waals surface area (Å²) in [5.41, 5.74) is 0. The van der Waals surface area contributed by atoms with Gasteiger partial charge < -0.3 is 0 Å². The average Bonchev–Trinajstić information content (AvgIpc) is 2.14. The Balaban J connectivity index is 2.75. The van der Waals surface area contributed by atoms with Gasteiger partial charge in [0.15, 0.2) is 0 Å². The van der Waals surface area contributed by atoms with E-state index >= 15 is 0 Å². The smallest absolute Gasteiger partial charge is 0.211 e. The Morgan fingerprint density at radius 3 is 2.29 bits per heavy atom. The van der Waals surface area contributed by atoms with E-state index in [-0.39, 0.29) is 12.1 Å². The number of nitrogens with zero attached hydrogens (tertiary/aromatic N) is 2. The summed E-state index contributed by atoms with van der Waals surface area (Å²) in [4.78, 5) is 27.8. The molecule has 0 aromatic heterocycles. The number of carbonyl (C=O) groups excluding carboxylic acids is 2. The third-order valence-electron chi connectivity index (χ3n) is 3.12. The van der Waals surface area contributed by atoms with Crippen molar-refractivity contribution in [2.45, 2.75) is 38.8 Å². The summed E-state index contributed by atoms with van der Waals surface area (Å²) in [5, 5.41) is 0. The second-order valence-electron chi connectivity index (χ2n) is 3.97. The van der Waals surface area contributed by atoms with Crippen LogP contribution in [0.1, 0.15) is 26.7 Å². The van der Waals surface area contributed by atoms with Gasteiger partial charge in [0.2, 0.25) is 12.2 Å². The lowest BCUT2D eigenvalue weighted by Gasteiger charge is -2.33. The predicted molar refractivity (Wildman–Crippen MR) is 51.4 cm³/mol. The number of hydrogen-bond donors (Lipinski definition) is 0. The first-order chi connectivity index (χ1) is 6.69. The maximum absolute atomic E-state index is 10.2. The molecule has 0 aliphatic heterocycles. The second kappa shape index (κ2) is 4.85. The summed E-state index contributed by atoms with van der Waals surface area (Å²) in [6.45, 7) is 4.15. The minimum Gasteiger partial charge on any atom is -0.211 e. The highest BCUT2D eigenvalue weighted by Crippen LogP contribution is 2.32. The number of rotatable bonds is 2. The van der Waals surface area contributed by atoms with Crippen LogP contribution in [-0.4, -0.2) is 24.2 Å². The first kappa shape index (κ1) is 10.8. The molecule has 1 rings (SSSR count). The minimum atomic E-state index is -0.0432. The maximum atomic E-state index is 10.2. The van der Waals surface area contributed by atoms with Crippen LogP contribution in [0.3, 0.4) is 0 Å². The zero-order chi connectivity index (χ0) is 10.6. The van der Waals surface area contributed by atoms with E-state index in [4.69, 9.17) is 0 Å². The Morgan fingerprint density at radius 2 is 1.71 bits per heavy atom. The highest BCUT2D eigenvalue weighted by atomic mass is 16.1. The molecule has 0 N–H and O–H groups in total. The summed E-state index contributed by atoms with van der Waals surface area (Å²) in [6.07, 6.45) is 4.70. The highest BCUT2D eigenvalue weighted by Gasteiger charge is 2.32. The third-order valence-corrected chi connectivity index (χ3v) is 3.12. The van der Waals surface area contributed by atoms with E-state index in [9.17, 15) is 9.59 Å². The van der Waals surface area contributed by atoms with Gasteiger partial charge in [-0.15, -0.1) is 0 Å². The number of isocyanates is 2. The van der Waals surface area contributed by atoms with E-state index < -0.39 is 0 Å². The molecule has 4 atom stereocenters. The Labute approximate surface area is 83.1 Å². The summed E-state index contributed by atoms with van der Waals surface area (Å²) in [5.74, 6) is 0.780. The predicted octanol–water partition coefficient (Wildman–Crippen LogP) is 1.46. The van der Waals surface area contributed by atoms with Gasteiger partial charge in [0.25, 0.3) is 0 Å². The summed E-state index contributed by atoms with van der Waals surface area (Å²) < 4.78 is 0. The van der Waals surface area contributed by atoms with Gasteiger partial charge >= 0.3 is 0 Å². The molecule has 0 spiro atoms. The van der Waals surface area contributed by atoms with Gasteiger partial charge in [-0.2, -0.15) is 0 Å². The van der Waals surface area contributed by atoms with Crippen LogP contribution in [-0.2, 0) is 9.59 Å². The molecule has 1 aliphatic carbocycles. The summed E-state index contributed by atoms with van der Waals surface area (Å²) in [6, 6.07) is -0.0702. The number of aliphatic imine (C=N–C) groups is 2. The molecular formula is C10H14N2O2. The largest absolute Gasteiger partial charge is 0.235 e. The second-order valence-corrected chi connectivity index (χ2v) is 3.97. The molecule has 0 saturated heterocycles. The van der Waals surface area contributed by atoms with Crippen LogP contribution < -0.4 is 0 Å². The van der Waals surface area contributed by atoms with Crippen LogP contribution in [0, 0.1) is 11.8 Å². The van der Waals surface area contributed by atoms with Gasteiger partial charge in [-0.1, -0.05) is 13.8 Å². The molecule has 0 aromatic rings. The SMILES string of the molecule is CC1CC(N=C=O)CC(N=C=O)C1C. The molecule has 1 fully saturated rings. The summed E-state index contributed by atoms with van der Waals surface area (Å²) in [7, 11) is 0.